The van der Waals surface area contributed by atoms with E-state index >= 15 is 0 Å². The topological polar surface area (TPSA) is 67.8 Å². The molecule has 0 unspecified atom stereocenters. The summed E-state index contributed by atoms with van der Waals surface area (Å²) >= 11 is 3.53. The van der Waals surface area contributed by atoms with Gasteiger partial charge >= 0.3 is 0 Å². The number of benzene rings is 1. The Kier molecular flexibility index (Phi) is 5.13. The number of nitrogens with two attached hydrogens (primary N) is 2. The minimum atomic E-state index is 0.733. The first-order valence-electron chi connectivity index (χ1n) is 7.91. The van der Waals surface area contributed by atoms with Crippen LogP contribution in [0.15, 0.2) is 46.5 Å². The van der Waals surface area contributed by atoms with Gasteiger partial charge in [0.25, 0.3) is 0 Å². The Bertz CT molecular complexity index is 623. The van der Waals surface area contributed by atoms with Crippen LogP contribution in [0.1, 0.15) is 11.1 Å². The molecule has 0 amide bonds. The van der Waals surface area contributed by atoms with E-state index in [1.54, 1.807) is 6.20 Å². The van der Waals surface area contributed by atoms with Crippen molar-refractivity contribution < 1.29 is 4.74 Å². The third-order valence-corrected chi connectivity index (χ3v) is 4.88. The van der Waals surface area contributed by atoms with Crippen molar-refractivity contribution in [2.24, 2.45) is 11.5 Å². The molecule has 4 N–H and O–H groups in total. The van der Waals surface area contributed by atoms with Gasteiger partial charge in [-0.25, -0.2) is 0 Å². The Labute approximate surface area is 145 Å². The van der Waals surface area contributed by atoms with Gasteiger partial charge in [-0.2, -0.15) is 0 Å². The van der Waals surface area contributed by atoms with Crippen LogP contribution < -0.4 is 11.5 Å². The fourth-order valence-corrected chi connectivity index (χ4v) is 3.46. The second-order valence-electron chi connectivity index (χ2n) is 5.84. The molecular weight excluding hydrogens is 356 g/mol. The molecule has 1 saturated heterocycles. The Balaban J connectivity index is 1.72. The van der Waals surface area contributed by atoms with Crippen LogP contribution in [-0.4, -0.2) is 42.6 Å². The molecule has 2 aliphatic heterocycles. The van der Waals surface area contributed by atoms with Crippen molar-refractivity contribution in [1.82, 2.24) is 9.80 Å². The van der Waals surface area contributed by atoms with E-state index in [1.165, 1.54) is 11.1 Å². The maximum Gasteiger partial charge on any atom is 0.101 e. The van der Waals surface area contributed by atoms with Crippen LogP contribution in [0.2, 0.25) is 0 Å². The molecule has 3 rings (SSSR count). The normalized spacial score (nSPS) is 19.7. The summed E-state index contributed by atoms with van der Waals surface area (Å²) in [5.74, 6) is 0.766. The molecule has 0 spiro atoms. The van der Waals surface area contributed by atoms with Crippen LogP contribution in [0.3, 0.4) is 0 Å². The summed E-state index contributed by atoms with van der Waals surface area (Å²) in [6, 6.07) is 6.45. The first-order chi connectivity index (χ1) is 11.2. The van der Waals surface area contributed by atoms with Crippen LogP contribution >= 0.6 is 15.9 Å². The van der Waals surface area contributed by atoms with Gasteiger partial charge in [-0.1, -0.05) is 22.0 Å². The molecule has 5 nitrogen and oxygen atoms in total. The highest BCUT2D eigenvalue weighted by Gasteiger charge is 2.18. The summed E-state index contributed by atoms with van der Waals surface area (Å²) in [6.45, 7) is 4.93. The number of fused-ring (bicyclic) bond motifs is 1. The summed E-state index contributed by atoms with van der Waals surface area (Å²) in [5.41, 5.74) is 15.8. The summed E-state index contributed by atoms with van der Waals surface area (Å²) in [5, 5.41) is 0. The number of nitrogens with zero attached hydrogens (tertiary/aromatic N) is 2. The molecule has 2 heterocycles. The van der Waals surface area contributed by atoms with E-state index in [-0.39, 0.29) is 0 Å². The molecule has 124 valence electrons. The van der Waals surface area contributed by atoms with Crippen LogP contribution in [0.4, 0.5) is 0 Å². The summed E-state index contributed by atoms with van der Waals surface area (Å²) < 4.78 is 6.52. The van der Waals surface area contributed by atoms with E-state index in [2.05, 4.69) is 43.9 Å². The lowest BCUT2D eigenvalue weighted by molar-refractivity contribution is 0.0551. The maximum absolute atomic E-state index is 6.34. The SMILES string of the molecule is N/C=C(\C=C(/N)N1CCc2cc(Br)ccc2C1)N1CCOCC1. The van der Waals surface area contributed by atoms with Crippen molar-refractivity contribution >= 4 is 15.9 Å². The number of rotatable bonds is 3. The lowest BCUT2D eigenvalue weighted by Crippen LogP contribution is -2.37. The van der Waals surface area contributed by atoms with E-state index in [4.69, 9.17) is 16.2 Å². The first kappa shape index (κ1) is 16.2. The predicted molar refractivity (Wildman–Crippen MR) is 95.2 cm³/mol. The summed E-state index contributed by atoms with van der Waals surface area (Å²) in [6.07, 6.45) is 4.62. The van der Waals surface area contributed by atoms with Gasteiger partial charge < -0.3 is 26.0 Å². The first-order valence-corrected chi connectivity index (χ1v) is 8.70. The quantitative estimate of drug-likeness (QED) is 0.784. The Morgan fingerprint density at radius 3 is 2.65 bits per heavy atom. The van der Waals surface area contributed by atoms with Crippen LogP contribution in [0.5, 0.6) is 0 Å². The van der Waals surface area contributed by atoms with Gasteiger partial charge in [-0.15, -0.1) is 0 Å². The molecule has 23 heavy (non-hydrogen) atoms. The zero-order valence-corrected chi connectivity index (χ0v) is 14.8. The Morgan fingerprint density at radius 2 is 1.91 bits per heavy atom. The fraction of sp³-hybridized carbons (Fsp3) is 0.412. The standard InChI is InChI=1S/C17H23BrN4O/c18-15-2-1-14-12-22(4-3-13(14)9-15)17(20)10-16(11-19)21-5-7-23-8-6-21/h1-2,9-11H,3-8,12,19-20H2/b16-11+,17-10+. The van der Waals surface area contributed by atoms with Crippen molar-refractivity contribution in [2.75, 3.05) is 32.8 Å². The zero-order valence-electron chi connectivity index (χ0n) is 13.2. The Hall–Kier alpha value is -1.66. The molecule has 1 aromatic rings. The van der Waals surface area contributed by atoms with E-state index in [0.29, 0.717) is 0 Å². The van der Waals surface area contributed by atoms with E-state index in [0.717, 1.165) is 61.8 Å². The largest absolute Gasteiger partial charge is 0.403 e. The second-order valence-corrected chi connectivity index (χ2v) is 6.76. The molecule has 6 heteroatoms. The number of morpholine rings is 1. The van der Waals surface area contributed by atoms with Gasteiger partial charge in [0.05, 0.1) is 18.9 Å². The number of allylic oxidation sites excluding steroid dienone is 1. The Morgan fingerprint density at radius 1 is 1.13 bits per heavy atom. The van der Waals surface area contributed by atoms with Crippen molar-refractivity contribution in [3.05, 3.63) is 57.6 Å². The number of ether oxygens (including phenoxy) is 1. The third kappa shape index (κ3) is 3.82. The van der Waals surface area contributed by atoms with Crippen molar-refractivity contribution in [3.63, 3.8) is 0 Å². The van der Waals surface area contributed by atoms with Crippen molar-refractivity contribution in [1.29, 1.82) is 0 Å². The van der Waals surface area contributed by atoms with Crippen LogP contribution in [0.25, 0.3) is 0 Å². The van der Waals surface area contributed by atoms with Crippen molar-refractivity contribution in [3.8, 4) is 0 Å². The van der Waals surface area contributed by atoms with Gasteiger partial charge in [0.1, 0.15) is 5.82 Å². The fourth-order valence-electron chi connectivity index (χ4n) is 3.05. The van der Waals surface area contributed by atoms with E-state index in [9.17, 15) is 0 Å². The molecule has 0 aromatic heterocycles. The highest BCUT2D eigenvalue weighted by Crippen LogP contribution is 2.24. The van der Waals surface area contributed by atoms with Crippen LogP contribution in [0, 0.1) is 0 Å². The number of halogens is 1. The average molecular weight is 379 g/mol. The lowest BCUT2D eigenvalue weighted by atomic mass is 10.00. The van der Waals surface area contributed by atoms with Gasteiger partial charge in [0.2, 0.25) is 0 Å². The van der Waals surface area contributed by atoms with Gasteiger partial charge in [0.15, 0.2) is 0 Å². The number of hydrogen-bond acceptors (Lipinski definition) is 5. The highest BCUT2D eigenvalue weighted by molar-refractivity contribution is 9.10. The molecular formula is C17H23BrN4O. The molecule has 1 aromatic carbocycles. The van der Waals surface area contributed by atoms with Crippen molar-refractivity contribution in [2.45, 2.75) is 13.0 Å². The van der Waals surface area contributed by atoms with Gasteiger partial charge in [-0.3, -0.25) is 0 Å². The van der Waals surface area contributed by atoms with Gasteiger partial charge in [0, 0.05) is 42.9 Å². The molecule has 1 fully saturated rings. The van der Waals surface area contributed by atoms with E-state index < -0.39 is 0 Å². The summed E-state index contributed by atoms with van der Waals surface area (Å²) in [4.78, 5) is 4.42. The number of hydrogen-bond donors (Lipinski definition) is 2. The van der Waals surface area contributed by atoms with Gasteiger partial charge in [-0.05, 0) is 29.7 Å². The van der Waals surface area contributed by atoms with E-state index in [1.807, 2.05) is 6.08 Å². The minimum Gasteiger partial charge on any atom is -0.403 e. The lowest BCUT2D eigenvalue weighted by Gasteiger charge is -2.33. The molecule has 0 radical (unpaired) electrons. The van der Waals surface area contributed by atoms with Crippen LogP contribution in [-0.2, 0) is 17.7 Å². The summed E-state index contributed by atoms with van der Waals surface area (Å²) in [7, 11) is 0. The molecule has 2 aliphatic rings. The highest BCUT2D eigenvalue weighted by atomic mass is 79.9. The monoisotopic (exact) mass is 378 g/mol. The third-order valence-electron chi connectivity index (χ3n) is 4.39. The maximum atomic E-state index is 6.34. The molecule has 0 bridgehead atoms. The molecule has 0 aliphatic carbocycles. The molecule has 0 atom stereocenters. The second kappa shape index (κ2) is 7.27. The zero-order chi connectivity index (χ0) is 16.2. The molecule has 0 saturated carbocycles. The average Bonchev–Trinajstić information content (AvgIpc) is 2.59. The smallest absolute Gasteiger partial charge is 0.101 e. The minimum absolute atomic E-state index is 0.733. The predicted octanol–water partition coefficient (Wildman–Crippen LogP) is 1.74.